The molecular formula is C31H28N4OS. The van der Waals surface area contributed by atoms with Gasteiger partial charge >= 0.3 is 0 Å². The minimum Gasteiger partial charge on any atom is -0.490 e. The number of H-pyrrole nitrogens is 2. The zero-order valence-corrected chi connectivity index (χ0v) is 21.6. The van der Waals surface area contributed by atoms with E-state index in [2.05, 4.69) is 88.8 Å². The lowest BCUT2D eigenvalue weighted by molar-refractivity contribution is 0.155. The zero-order chi connectivity index (χ0) is 24.8. The Kier molecular flexibility index (Phi) is 5.55. The molecule has 1 aliphatic rings. The van der Waals surface area contributed by atoms with E-state index >= 15 is 0 Å². The van der Waals surface area contributed by atoms with Gasteiger partial charge in [-0.2, -0.15) is 5.10 Å². The van der Waals surface area contributed by atoms with E-state index < -0.39 is 0 Å². The molecule has 0 atom stereocenters. The van der Waals surface area contributed by atoms with Crippen LogP contribution in [-0.4, -0.2) is 26.3 Å². The molecule has 0 unspecified atom stereocenters. The van der Waals surface area contributed by atoms with Crippen molar-refractivity contribution in [3.05, 3.63) is 77.8 Å². The summed E-state index contributed by atoms with van der Waals surface area (Å²) in [6.07, 6.45) is 8.38. The Morgan fingerprint density at radius 3 is 2.65 bits per heavy atom. The Morgan fingerprint density at radius 1 is 0.892 bits per heavy atom. The van der Waals surface area contributed by atoms with E-state index in [4.69, 9.17) is 9.72 Å². The quantitative estimate of drug-likeness (QED) is 0.247. The predicted molar refractivity (Wildman–Crippen MR) is 152 cm³/mol. The van der Waals surface area contributed by atoms with Crippen LogP contribution in [0.3, 0.4) is 0 Å². The van der Waals surface area contributed by atoms with Crippen LogP contribution in [0, 0.1) is 6.92 Å². The van der Waals surface area contributed by atoms with Crippen molar-refractivity contribution in [2.45, 2.75) is 45.1 Å². The Bertz CT molecular complexity index is 1720. The van der Waals surface area contributed by atoms with Crippen LogP contribution in [0.4, 0.5) is 0 Å². The first-order valence-electron chi connectivity index (χ1n) is 13.0. The number of benzene rings is 2. The summed E-state index contributed by atoms with van der Waals surface area (Å²) < 4.78 is 6.32. The molecule has 4 heterocycles. The number of rotatable bonds is 5. The van der Waals surface area contributed by atoms with E-state index in [0.717, 1.165) is 57.7 Å². The van der Waals surface area contributed by atoms with Crippen molar-refractivity contribution in [3.63, 3.8) is 0 Å². The van der Waals surface area contributed by atoms with E-state index in [-0.39, 0.29) is 0 Å². The molecular weight excluding hydrogens is 476 g/mol. The van der Waals surface area contributed by atoms with Crippen molar-refractivity contribution in [1.29, 1.82) is 0 Å². The molecule has 1 saturated carbocycles. The summed E-state index contributed by atoms with van der Waals surface area (Å²) in [5.74, 6) is 0.934. The maximum Gasteiger partial charge on any atom is 0.155 e. The van der Waals surface area contributed by atoms with Crippen LogP contribution in [-0.2, 0) is 0 Å². The molecule has 37 heavy (non-hydrogen) atoms. The Balaban J connectivity index is 1.26. The molecule has 2 N–H and O–H groups in total. The topological polar surface area (TPSA) is 66.6 Å². The van der Waals surface area contributed by atoms with Crippen LogP contribution in [0.25, 0.3) is 54.9 Å². The molecule has 0 spiro atoms. The van der Waals surface area contributed by atoms with Gasteiger partial charge < -0.3 is 9.72 Å². The van der Waals surface area contributed by atoms with Crippen LogP contribution in [0.1, 0.15) is 37.0 Å². The standard InChI is InChI=1S/C31H28N4OS/c1-19-13-14-29(37-19)24-11-6-12-27-25(24)17-28(33-27)30-26-16-21(18-32-31(26)35-34-30)20-7-5-10-23(15-20)36-22-8-3-2-4-9-22/h5-7,10-18,22,33H,2-4,8-9H2,1H3,(H,32,34,35). The second kappa shape index (κ2) is 9.20. The minimum atomic E-state index is 0.329. The molecule has 0 amide bonds. The van der Waals surface area contributed by atoms with Crippen LogP contribution >= 0.6 is 11.3 Å². The largest absolute Gasteiger partial charge is 0.490 e. The van der Waals surface area contributed by atoms with Crippen molar-refractivity contribution >= 4 is 33.3 Å². The highest BCUT2D eigenvalue weighted by atomic mass is 32.1. The van der Waals surface area contributed by atoms with Gasteiger partial charge in [-0.15, -0.1) is 11.3 Å². The Labute approximate surface area is 219 Å². The maximum atomic E-state index is 6.32. The maximum absolute atomic E-state index is 6.32. The Hall–Kier alpha value is -3.90. The van der Waals surface area contributed by atoms with Crippen LogP contribution in [0.15, 0.2) is 72.9 Å². The average molecular weight is 505 g/mol. The lowest BCUT2D eigenvalue weighted by atomic mass is 9.98. The number of fused-ring (bicyclic) bond motifs is 2. The number of nitrogens with zero attached hydrogens (tertiary/aromatic N) is 2. The fourth-order valence-corrected chi connectivity index (χ4v) is 6.37. The molecule has 6 aromatic rings. The van der Waals surface area contributed by atoms with Crippen molar-refractivity contribution in [3.8, 4) is 38.7 Å². The van der Waals surface area contributed by atoms with Gasteiger partial charge in [-0.1, -0.05) is 30.7 Å². The molecule has 5 nitrogen and oxygen atoms in total. The van der Waals surface area contributed by atoms with Crippen LogP contribution < -0.4 is 4.74 Å². The third-order valence-corrected chi connectivity index (χ3v) is 8.40. The normalized spacial score (nSPS) is 14.5. The first kappa shape index (κ1) is 22.3. The van der Waals surface area contributed by atoms with E-state index in [1.807, 2.05) is 17.5 Å². The first-order valence-corrected chi connectivity index (χ1v) is 13.8. The molecule has 184 valence electrons. The summed E-state index contributed by atoms with van der Waals surface area (Å²) in [7, 11) is 0. The number of aromatic amines is 2. The monoisotopic (exact) mass is 504 g/mol. The molecule has 4 aromatic heterocycles. The lowest BCUT2D eigenvalue weighted by Gasteiger charge is -2.23. The summed E-state index contributed by atoms with van der Waals surface area (Å²) in [4.78, 5) is 10.9. The molecule has 0 saturated heterocycles. The zero-order valence-electron chi connectivity index (χ0n) is 20.8. The lowest BCUT2D eigenvalue weighted by Crippen LogP contribution is -2.19. The van der Waals surface area contributed by atoms with Gasteiger partial charge in [-0.3, -0.25) is 5.10 Å². The summed E-state index contributed by atoms with van der Waals surface area (Å²) in [5, 5.41) is 9.97. The number of thiophene rings is 1. The first-order chi connectivity index (χ1) is 18.2. The minimum absolute atomic E-state index is 0.329. The third kappa shape index (κ3) is 4.21. The van der Waals surface area contributed by atoms with Gasteiger partial charge in [0.15, 0.2) is 5.65 Å². The highest BCUT2D eigenvalue weighted by Crippen LogP contribution is 2.37. The van der Waals surface area contributed by atoms with E-state index in [9.17, 15) is 0 Å². The van der Waals surface area contributed by atoms with Gasteiger partial charge in [0.25, 0.3) is 0 Å². The van der Waals surface area contributed by atoms with Crippen molar-refractivity contribution in [2.24, 2.45) is 0 Å². The number of hydrogen-bond acceptors (Lipinski definition) is 4. The summed E-state index contributed by atoms with van der Waals surface area (Å²) in [5.41, 5.74) is 7.13. The third-order valence-electron chi connectivity index (χ3n) is 7.36. The molecule has 1 aliphatic carbocycles. The second-order valence-corrected chi connectivity index (χ2v) is 11.2. The Morgan fingerprint density at radius 2 is 1.78 bits per heavy atom. The molecule has 6 heteroatoms. The predicted octanol–water partition coefficient (Wildman–Crippen LogP) is 8.52. The molecule has 0 aliphatic heterocycles. The van der Waals surface area contributed by atoms with Gasteiger partial charge in [-0.25, -0.2) is 4.98 Å². The van der Waals surface area contributed by atoms with Crippen LogP contribution in [0.2, 0.25) is 0 Å². The van der Waals surface area contributed by atoms with Gasteiger partial charge in [0, 0.05) is 43.4 Å². The summed E-state index contributed by atoms with van der Waals surface area (Å²) in [6.45, 7) is 2.15. The molecule has 1 fully saturated rings. The second-order valence-electron chi connectivity index (χ2n) is 9.96. The van der Waals surface area contributed by atoms with Gasteiger partial charge in [0.1, 0.15) is 11.4 Å². The highest BCUT2D eigenvalue weighted by Gasteiger charge is 2.17. The number of pyridine rings is 1. The van der Waals surface area contributed by atoms with E-state index in [1.54, 1.807) is 0 Å². The molecule has 0 radical (unpaired) electrons. The van der Waals surface area contributed by atoms with Gasteiger partial charge in [0.2, 0.25) is 0 Å². The highest BCUT2D eigenvalue weighted by molar-refractivity contribution is 7.15. The number of aryl methyl sites for hydroxylation is 1. The van der Waals surface area contributed by atoms with E-state index in [0.29, 0.717) is 6.10 Å². The number of aromatic nitrogens is 4. The fraction of sp³-hybridized carbons (Fsp3) is 0.226. The fourth-order valence-electron chi connectivity index (χ4n) is 5.47. The SMILES string of the molecule is Cc1ccc(-c2cccc3[nH]c(-c4n[nH]c5ncc(-c6cccc(OC7CCCCC7)c6)cc45)cc23)s1. The smallest absolute Gasteiger partial charge is 0.155 e. The van der Waals surface area contributed by atoms with E-state index in [1.165, 1.54) is 40.0 Å². The summed E-state index contributed by atoms with van der Waals surface area (Å²) >= 11 is 1.82. The number of hydrogen-bond donors (Lipinski definition) is 2. The number of nitrogens with one attached hydrogen (secondary N) is 2. The van der Waals surface area contributed by atoms with Crippen molar-refractivity contribution in [2.75, 3.05) is 0 Å². The number of ether oxygens (including phenoxy) is 1. The van der Waals surface area contributed by atoms with Crippen LogP contribution in [0.5, 0.6) is 5.75 Å². The van der Waals surface area contributed by atoms with Gasteiger partial charge in [0.05, 0.1) is 11.8 Å². The average Bonchev–Trinajstić information content (AvgIpc) is 3.66. The molecule has 7 rings (SSSR count). The van der Waals surface area contributed by atoms with Gasteiger partial charge in [-0.05, 0) is 80.6 Å². The van der Waals surface area contributed by atoms with Crippen molar-refractivity contribution < 1.29 is 4.74 Å². The summed E-state index contributed by atoms with van der Waals surface area (Å²) in [6, 6.07) is 23.6. The molecule has 2 aromatic carbocycles. The van der Waals surface area contributed by atoms with Crippen molar-refractivity contribution in [1.82, 2.24) is 20.2 Å². The molecule has 0 bridgehead atoms.